The second-order valence-electron chi connectivity index (χ2n) is 7.13. The molecule has 2 aliphatic heterocycles. The third kappa shape index (κ3) is 3.45. The van der Waals surface area contributed by atoms with Crippen LogP contribution in [0.2, 0.25) is 0 Å². The Labute approximate surface area is 156 Å². The number of anilines is 3. The number of morpholine rings is 1. The van der Waals surface area contributed by atoms with E-state index >= 15 is 0 Å². The Kier molecular flexibility index (Phi) is 4.33. The minimum absolute atomic E-state index is 0.371. The van der Waals surface area contributed by atoms with Crippen LogP contribution in [0.1, 0.15) is 31.0 Å². The second-order valence-corrected chi connectivity index (χ2v) is 7.86. The highest BCUT2D eigenvalue weighted by Crippen LogP contribution is 2.40. The fraction of sp³-hybridized carbons (Fsp3) is 0.647. The summed E-state index contributed by atoms with van der Waals surface area (Å²) in [5, 5.41) is 4.63. The Morgan fingerprint density at radius 3 is 2.81 bits per heavy atom. The summed E-state index contributed by atoms with van der Waals surface area (Å²) in [6.07, 6.45) is 5.41. The summed E-state index contributed by atoms with van der Waals surface area (Å²) < 4.78 is 9.93. The van der Waals surface area contributed by atoms with Crippen LogP contribution in [0.25, 0.3) is 0 Å². The molecule has 3 aliphatic rings. The van der Waals surface area contributed by atoms with Crippen LogP contribution in [-0.4, -0.2) is 64.8 Å². The molecule has 2 aromatic rings. The fourth-order valence-corrected chi connectivity index (χ4v) is 4.25. The molecule has 138 valence electrons. The lowest BCUT2D eigenvalue weighted by molar-refractivity contribution is 0.122. The Hall–Kier alpha value is -2.00. The van der Waals surface area contributed by atoms with Gasteiger partial charge in [0.2, 0.25) is 11.1 Å². The van der Waals surface area contributed by atoms with Crippen molar-refractivity contribution in [3.8, 4) is 0 Å². The van der Waals surface area contributed by atoms with Crippen LogP contribution in [0.15, 0.2) is 12.3 Å². The zero-order valence-electron chi connectivity index (χ0n) is 14.7. The maximum atomic E-state index is 5.40. The maximum Gasteiger partial charge on any atom is 0.227 e. The normalized spacial score (nSPS) is 23.5. The van der Waals surface area contributed by atoms with E-state index < -0.39 is 0 Å². The van der Waals surface area contributed by atoms with Gasteiger partial charge in [0.05, 0.1) is 13.2 Å². The van der Waals surface area contributed by atoms with E-state index in [4.69, 9.17) is 14.7 Å². The van der Waals surface area contributed by atoms with Crippen molar-refractivity contribution in [2.45, 2.75) is 31.2 Å². The molecule has 0 spiro atoms. The van der Waals surface area contributed by atoms with Crippen molar-refractivity contribution in [2.24, 2.45) is 0 Å². The molecule has 2 saturated heterocycles. The SMILES string of the molecule is c1cc(NC2CCN(c3nc(C4CC4)ns3)C2)nc(N2CCOCC2)n1. The van der Waals surface area contributed by atoms with Crippen molar-refractivity contribution in [1.82, 2.24) is 19.3 Å². The number of nitrogens with one attached hydrogen (secondary N) is 1. The smallest absolute Gasteiger partial charge is 0.227 e. The summed E-state index contributed by atoms with van der Waals surface area (Å²) in [5.74, 6) is 3.35. The molecule has 1 aliphatic carbocycles. The highest BCUT2D eigenvalue weighted by Gasteiger charge is 2.30. The summed E-state index contributed by atoms with van der Waals surface area (Å²) in [5.41, 5.74) is 0. The summed E-state index contributed by atoms with van der Waals surface area (Å²) >= 11 is 1.54. The largest absolute Gasteiger partial charge is 0.378 e. The van der Waals surface area contributed by atoms with Gasteiger partial charge in [-0.15, -0.1) is 0 Å². The van der Waals surface area contributed by atoms with Gasteiger partial charge >= 0.3 is 0 Å². The van der Waals surface area contributed by atoms with E-state index in [-0.39, 0.29) is 0 Å². The van der Waals surface area contributed by atoms with Crippen molar-refractivity contribution >= 4 is 28.4 Å². The van der Waals surface area contributed by atoms with Crippen molar-refractivity contribution in [3.63, 3.8) is 0 Å². The molecule has 1 atom stereocenters. The van der Waals surface area contributed by atoms with E-state index in [9.17, 15) is 0 Å². The topological polar surface area (TPSA) is 79.3 Å². The van der Waals surface area contributed by atoms with Crippen LogP contribution in [0, 0.1) is 0 Å². The Bertz CT molecular complexity index is 759. The van der Waals surface area contributed by atoms with Crippen LogP contribution in [0.3, 0.4) is 0 Å². The highest BCUT2D eigenvalue weighted by molar-refractivity contribution is 7.09. The molecule has 0 bridgehead atoms. The average Bonchev–Trinajstić information content (AvgIpc) is 3.23. The summed E-state index contributed by atoms with van der Waals surface area (Å²) in [6.45, 7) is 5.13. The molecule has 1 N–H and O–H groups in total. The molecule has 2 aromatic heterocycles. The predicted molar refractivity (Wildman–Crippen MR) is 101 cm³/mol. The van der Waals surface area contributed by atoms with Gasteiger partial charge in [-0.1, -0.05) is 0 Å². The van der Waals surface area contributed by atoms with Gasteiger partial charge in [0.15, 0.2) is 0 Å². The molecule has 26 heavy (non-hydrogen) atoms. The molecule has 0 radical (unpaired) electrons. The third-order valence-electron chi connectivity index (χ3n) is 5.12. The van der Waals surface area contributed by atoms with E-state index in [0.717, 1.165) is 68.5 Å². The van der Waals surface area contributed by atoms with Crippen molar-refractivity contribution in [2.75, 3.05) is 54.5 Å². The fourth-order valence-electron chi connectivity index (χ4n) is 3.47. The second kappa shape index (κ2) is 6.96. The number of aromatic nitrogens is 4. The lowest BCUT2D eigenvalue weighted by Crippen LogP contribution is -2.37. The van der Waals surface area contributed by atoms with Gasteiger partial charge < -0.3 is 19.9 Å². The Balaban J connectivity index is 1.21. The van der Waals surface area contributed by atoms with E-state index in [1.54, 1.807) is 0 Å². The minimum Gasteiger partial charge on any atom is -0.378 e. The standard InChI is InChI=1S/C17H23N7OS/c1-2-12(1)15-21-17(26-22-15)24-6-4-13(11-24)19-14-3-5-18-16(20-14)23-7-9-25-10-8-23/h3,5,12-13H,1-2,4,6-11H2,(H,18,19,20). The Morgan fingerprint density at radius 1 is 1.08 bits per heavy atom. The Morgan fingerprint density at radius 2 is 1.96 bits per heavy atom. The zero-order chi connectivity index (χ0) is 17.3. The van der Waals surface area contributed by atoms with E-state index in [1.165, 1.54) is 24.4 Å². The van der Waals surface area contributed by atoms with Crippen molar-refractivity contribution in [1.29, 1.82) is 0 Å². The maximum absolute atomic E-state index is 5.40. The molecule has 0 amide bonds. The van der Waals surface area contributed by atoms with Crippen molar-refractivity contribution < 1.29 is 4.74 Å². The van der Waals surface area contributed by atoms with E-state index in [2.05, 4.69) is 24.5 Å². The zero-order valence-corrected chi connectivity index (χ0v) is 15.5. The minimum atomic E-state index is 0.371. The molecule has 1 unspecified atom stereocenters. The quantitative estimate of drug-likeness (QED) is 0.849. The summed E-state index contributed by atoms with van der Waals surface area (Å²) in [6, 6.07) is 2.32. The molecular weight excluding hydrogens is 350 g/mol. The lowest BCUT2D eigenvalue weighted by Gasteiger charge is -2.27. The monoisotopic (exact) mass is 373 g/mol. The number of hydrogen-bond donors (Lipinski definition) is 1. The number of nitrogens with zero attached hydrogens (tertiary/aromatic N) is 6. The van der Waals surface area contributed by atoms with Crippen LogP contribution >= 0.6 is 11.5 Å². The molecule has 8 nitrogen and oxygen atoms in total. The molecule has 0 aromatic carbocycles. The van der Waals surface area contributed by atoms with Crippen LogP contribution in [0.5, 0.6) is 0 Å². The van der Waals surface area contributed by atoms with Crippen LogP contribution in [-0.2, 0) is 4.74 Å². The molecule has 1 saturated carbocycles. The first-order chi connectivity index (χ1) is 12.8. The first kappa shape index (κ1) is 16.2. The molecule has 5 rings (SSSR count). The average molecular weight is 373 g/mol. The van der Waals surface area contributed by atoms with Gasteiger partial charge in [0.25, 0.3) is 0 Å². The number of ether oxygens (including phenoxy) is 1. The third-order valence-corrected chi connectivity index (χ3v) is 5.91. The van der Waals surface area contributed by atoms with E-state index in [1.807, 2.05) is 12.3 Å². The van der Waals surface area contributed by atoms with Crippen molar-refractivity contribution in [3.05, 3.63) is 18.1 Å². The van der Waals surface area contributed by atoms with Crippen LogP contribution < -0.4 is 15.1 Å². The first-order valence-electron chi connectivity index (χ1n) is 9.36. The summed E-state index contributed by atoms with van der Waals surface area (Å²) in [7, 11) is 0. The summed E-state index contributed by atoms with van der Waals surface area (Å²) in [4.78, 5) is 18.4. The first-order valence-corrected chi connectivity index (χ1v) is 10.1. The molecule has 9 heteroatoms. The highest BCUT2D eigenvalue weighted by atomic mass is 32.1. The van der Waals surface area contributed by atoms with E-state index in [0.29, 0.717) is 12.0 Å². The van der Waals surface area contributed by atoms with Gasteiger partial charge in [-0.3, -0.25) is 0 Å². The van der Waals surface area contributed by atoms with Gasteiger partial charge in [-0.25, -0.2) is 9.97 Å². The lowest BCUT2D eigenvalue weighted by atomic mass is 10.2. The predicted octanol–water partition coefficient (Wildman–Crippen LogP) is 1.73. The number of rotatable bonds is 5. The molecule has 3 fully saturated rings. The number of hydrogen-bond acceptors (Lipinski definition) is 9. The molecule has 4 heterocycles. The molecular formula is C17H23N7OS. The van der Waals surface area contributed by atoms with Crippen LogP contribution in [0.4, 0.5) is 16.9 Å². The van der Waals surface area contributed by atoms with Gasteiger partial charge in [-0.05, 0) is 25.3 Å². The van der Waals surface area contributed by atoms with Gasteiger partial charge in [0, 0.05) is 55.9 Å². The van der Waals surface area contributed by atoms with Gasteiger partial charge in [0.1, 0.15) is 11.6 Å². The van der Waals surface area contributed by atoms with Gasteiger partial charge in [-0.2, -0.15) is 9.36 Å².